The number of rotatable bonds is 3. The van der Waals surface area contributed by atoms with Gasteiger partial charge in [0.05, 0.1) is 17.7 Å². The molecule has 4 N–H and O–H groups in total. The van der Waals surface area contributed by atoms with Gasteiger partial charge >= 0.3 is 5.97 Å². The molecule has 1 heterocycles. The number of aromatic carboxylic acids is 1. The molecule has 0 aliphatic rings. The first-order valence-electron chi connectivity index (χ1n) is 3.81. The largest absolute Gasteiger partial charge is 0.476 e. The number of hydrogen-bond donors (Lipinski definition) is 3. The maximum Gasteiger partial charge on any atom is 0.356 e. The lowest BCUT2D eigenvalue weighted by molar-refractivity contribution is 0.0690. The third-order valence-corrected chi connectivity index (χ3v) is 1.98. The van der Waals surface area contributed by atoms with Crippen LogP contribution in [0.15, 0.2) is 12.3 Å². The monoisotopic (exact) mass is 216 g/mol. The molecule has 0 bridgehead atoms. The molecule has 0 fully saturated rings. The van der Waals surface area contributed by atoms with Gasteiger partial charge in [-0.2, -0.15) is 0 Å². The normalized spacial score (nSPS) is 12.5. The summed E-state index contributed by atoms with van der Waals surface area (Å²) in [5.74, 6) is -1.20. The quantitative estimate of drug-likeness (QED) is 0.681. The minimum Gasteiger partial charge on any atom is -0.476 e. The highest BCUT2D eigenvalue weighted by molar-refractivity contribution is 6.33. The number of carbonyl (C=O) groups is 1. The molecule has 14 heavy (non-hydrogen) atoms. The second-order valence-corrected chi connectivity index (χ2v) is 3.10. The van der Waals surface area contributed by atoms with Crippen molar-refractivity contribution in [3.8, 4) is 0 Å². The fourth-order valence-electron chi connectivity index (χ4n) is 0.918. The average molecular weight is 217 g/mol. The third kappa shape index (κ3) is 2.20. The minimum absolute atomic E-state index is 0.0129. The van der Waals surface area contributed by atoms with Crippen LogP contribution in [0.1, 0.15) is 22.1 Å². The Kier molecular flexibility index (Phi) is 3.40. The highest BCUT2D eigenvalue weighted by Crippen LogP contribution is 2.18. The topological polar surface area (TPSA) is 96.4 Å². The average Bonchev–Trinajstić information content (AvgIpc) is 2.15. The van der Waals surface area contributed by atoms with Crippen LogP contribution in [0.2, 0.25) is 5.02 Å². The second kappa shape index (κ2) is 4.36. The van der Waals surface area contributed by atoms with E-state index < -0.39 is 12.0 Å². The Balaban J connectivity index is 3.06. The lowest BCUT2D eigenvalue weighted by Gasteiger charge is -2.08. The van der Waals surface area contributed by atoms with Crippen molar-refractivity contribution in [1.82, 2.24) is 4.98 Å². The summed E-state index contributed by atoms with van der Waals surface area (Å²) in [4.78, 5) is 14.2. The predicted molar refractivity (Wildman–Crippen MR) is 50.2 cm³/mol. The molecular formula is C8H9ClN2O3. The molecule has 0 saturated heterocycles. The van der Waals surface area contributed by atoms with E-state index in [0.717, 1.165) is 0 Å². The van der Waals surface area contributed by atoms with Crippen molar-refractivity contribution in [2.75, 3.05) is 6.61 Å². The lowest BCUT2D eigenvalue weighted by Crippen LogP contribution is -2.15. The molecule has 5 nitrogen and oxygen atoms in total. The number of halogens is 1. The molecule has 0 saturated carbocycles. The van der Waals surface area contributed by atoms with Crippen LogP contribution in [0.25, 0.3) is 0 Å². The van der Waals surface area contributed by atoms with Crippen LogP contribution in [0, 0.1) is 0 Å². The summed E-state index contributed by atoms with van der Waals surface area (Å²) in [7, 11) is 0. The van der Waals surface area contributed by atoms with Crippen molar-refractivity contribution in [2.24, 2.45) is 5.73 Å². The Labute approximate surface area is 85.1 Å². The summed E-state index contributed by atoms with van der Waals surface area (Å²) in [5.41, 5.74) is 5.77. The van der Waals surface area contributed by atoms with Gasteiger partial charge in [0.15, 0.2) is 5.69 Å². The molecule has 76 valence electrons. The summed E-state index contributed by atoms with van der Waals surface area (Å²) in [6.45, 7) is -0.246. The number of nitrogens with zero attached hydrogens (tertiary/aromatic N) is 1. The van der Waals surface area contributed by atoms with Gasteiger partial charge in [-0.3, -0.25) is 0 Å². The van der Waals surface area contributed by atoms with Crippen molar-refractivity contribution >= 4 is 17.6 Å². The van der Waals surface area contributed by atoms with Crippen LogP contribution < -0.4 is 5.73 Å². The van der Waals surface area contributed by atoms with E-state index in [2.05, 4.69) is 4.98 Å². The summed E-state index contributed by atoms with van der Waals surface area (Å²) >= 11 is 5.64. The summed E-state index contributed by atoms with van der Waals surface area (Å²) < 4.78 is 0. The molecular weight excluding hydrogens is 208 g/mol. The molecule has 0 aliphatic carbocycles. The van der Waals surface area contributed by atoms with E-state index in [0.29, 0.717) is 5.56 Å². The first kappa shape index (κ1) is 10.9. The molecule has 1 aromatic heterocycles. The van der Waals surface area contributed by atoms with Gasteiger partial charge in [0, 0.05) is 6.20 Å². The van der Waals surface area contributed by atoms with Crippen molar-refractivity contribution in [3.63, 3.8) is 0 Å². The van der Waals surface area contributed by atoms with Crippen LogP contribution >= 0.6 is 11.6 Å². The fourth-order valence-corrected chi connectivity index (χ4v) is 1.17. The van der Waals surface area contributed by atoms with E-state index in [4.69, 9.17) is 27.5 Å². The van der Waals surface area contributed by atoms with E-state index in [1.165, 1.54) is 12.3 Å². The number of aromatic nitrogens is 1. The van der Waals surface area contributed by atoms with E-state index in [1.807, 2.05) is 0 Å². The van der Waals surface area contributed by atoms with E-state index in [1.54, 1.807) is 0 Å². The van der Waals surface area contributed by atoms with Gasteiger partial charge in [-0.25, -0.2) is 9.78 Å². The molecule has 1 unspecified atom stereocenters. The van der Waals surface area contributed by atoms with Gasteiger partial charge in [0.25, 0.3) is 0 Å². The number of pyridine rings is 1. The molecule has 0 aromatic carbocycles. The molecule has 0 radical (unpaired) electrons. The lowest BCUT2D eigenvalue weighted by atomic mass is 10.1. The molecule has 6 heteroatoms. The molecule has 1 aromatic rings. The number of aliphatic hydroxyl groups excluding tert-OH is 1. The first-order valence-corrected chi connectivity index (χ1v) is 4.19. The number of aliphatic hydroxyl groups is 1. The van der Waals surface area contributed by atoms with Crippen LogP contribution in [0.3, 0.4) is 0 Å². The Morgan fingerprint density at radius 1 is 1.71 bits per heavy atom. The van der Waals surface area contributed by atoms with Crippen molar-refractivity contribution in [2.45, 2.75) is 6.04 Å². The van der Waals surface area contributed by atoms with Crippen LogP contribution in [0.4, 0.5) is 0 Å². The van der Waals surface area contributed by atoms with Gasteiger partial charge in [-0.05, 0) is 11.6 Å². The fraction of sp³-hybridized carbons (Fsp3) is 0.250. The van der Waals surface area contributed by atoms with Crippen molar-refractivity contribution < 1.29 is 15.0 Å². The molecule has 0 aliphatic heterocycles. The van der Waals surface area contributed by atoms with Gasteiger partial charge < -0.3 is 15.9 Å². The van der Waals surface area contributed by atoms with Gasteiger partial charge in [-0.1, -0.05) is 11.6 Å². The van der Waals surface area contributed by atoms with E-state index in [-0.39, 0.29) is 17.3 Å². The number of hydrogen-bond acceptors (Lipinski definition) is 4. The molecule has 1 atom stereocenters. The number of carboxylic acid groups (broad SMARTS) is 1. The zero-order valence-corrected chi connectivity index (χ0v) is 7.90. The van der Waals surface area contributed by atoms with E-state index >= 15 is 0 Å². The molecule has 1 rings (SSSR count). The maximum absolute atomic E-state index is 10.5. The SMILES string of the molecule is NC(CO)c1cnc(C(=O)O)c(Cl)c1. The van der Waals surface area contributed by atoms with Gasteiger partial charge in [0.1, 0.15) is 0 Å². The predicted octanol–water partition coefficient (Wildman–Crippen LogP) is 0.425. The second-order valence-electron chi connectivity index (χ2n) is 2.69. The summed E-state index contributed by atoms with van der Waals surface area (Å²) in [6.07, 6.45) is 1.29. The standard InChI is InChI=1S/C8H9ClN2O3/c9-5-1-4(6(10)3-12)2-11-7(5)8(13)14/h1-2,6,12H,3,10H2,(H,13,14). The smallest absolute Gasteiger partial charge is 0.356 e. The van der Waals surface area contributed by atoms with Crippen molar-refractivity contribution in [1.29, 1.82) is 0 Å². The Hall–Kier alpha value is -1.17. The maximum atomic E-state index is 10.5. The Morgan fingerprint density at radius 3 is 2.79 bits per heavy atom. The number of nitrogens with two attached hydrogens (primary N) is 1. The summed E-state index contributed by atoms with van der Waals surface area (Å²) in [5, 5.41) is 17.4. The highest BCUT2D eigenvalue weighted by Gasteiger charge is 2.13. The van der Waals surface area contributed by atoms with Crippen LogP contribution in [-0.2, 0) is 0 Å². The zero-order valence-electron chi connectivity index (χ0n) is 7.14. The van der Waals surface area contributed by atoms with Crippen LogP contribution in [-0.4, -0.2) is 27.8 Å². The Bertz CT molecular complexity index is 356. The van der Waals surface area contributed by atoms with Gasteiger partial charge in [-0.15, -0.1) is 0 Å². The van der Waals surface area contributed by atoms with Crippen LogP contribution in [0.5, 0.6) is 0 Å². The highest BCUT2D eigenvalue weighted by atomic mass is 35.5. The zero-order chi connectivity index (χ0) is 10.7. The first-order chi connectivity index (χ1) is 6.56. The third-order valence-electron chi connectivity index (χ3n) is 1.69. The van der Waals surface area contributed by atoms with E-state index in [9.17, 15) is 4.79 Å². The molecule has 0 amide bonds. The van der Waals surface area contributed by atoms with Crippen molar-refractivity contribution in [3.05, 3.63) is 28.5 Å². The minimum atomic E-state index is -1.20. The summed E-state index contributed by atoms with van der Waals surface area (Å²) in [6, 6.07) is 0.793. The Morgan fingerprint density at radius 2 is 2.36 bits per heavy atom. The van der Waals surface area contributed by atoms with Gasteiger partial charge in [0.2, 0.25) is 0 Å². The molecule has 0 spiro atoms. The number of carboxylic acids is 1.